The van der Waals surface area contributed by atoms with Crippen LogP contribution in [0.15, 0.2) is 54.6 Å². The molecule has 3 aromatic rings. The van der Waals surface area contributed by atoms with Crippen LogP contribution in [0.4, 0.5) is 13.2 Å². The highest BCUT2D eigenvalue weighted by Crippen LogP contribution is 2.34. The molecule has 0 spiro atoms. The molecule has 1 atom stereocenters. The fourth-order valence-electron chi connectivity index (χ4n) is 3.50. The van der Waals surface area contributed by atoms with Crippen molar-refractivity contribution in [1.82, 2.24) is 15.1 Å². The average Bonchev–Trinajstić information content (AvgIpc) is 3.32. The molecule has 1 unspecified atom stereocenters. The van der Waals surface area contributed by atoms with E-state index in [0.29, 0.717) is 12.0 Å². The summed E-state index contributed by atoms with van der Waals surface area (Å²) in [5.74, 6) is -0.521. The van der Waals surface area contributed by atoms with Gasteiger partial charge in [-0.1, -0.05) is 35.9 Å². The van der Waals surface area contributed by atoms with Crippen LogP contribution in [0.3, 0.4) is 0 Å². The third-order valence-corrected chi connectivity index (χ3v) is 7.18. The minimum absolute atomic E-state index is 0.0322. The fourth-order valence-corrected chi connectivity index (χ4v) is 5.39. The number of aromatic nitrogens is 2. The van der Waals surface area contributed by atoms with E-state index < -0.39 is 33.7 Å². The Labute approximate surface area is 186 Å². The number of para-hydroxylation sites is 1. The van der Waals surface area contributed by atoms with Crippen molar-refractivity contribution in [2.75, 3.05) is 11.5 Å². The van der Waals surface area contributed by atoms with E-state index in [1.807, 2.05) is 0 Å². The number of hydrogen-bond donors (Lipinski definition) is 1. The second-order valence-corrected chi connectivity index (χ2v) is 10.1. The van der Waals surface area contributed by atoms with Gasteiger partial charge in [0.25, 0.3) is 5.91 Å². The molecule has 1 saturated heterocycles. The molecule has 168 valence electrons. The monoisotopic (exact) mass is 483 g/mol. The van der Waals surface area contributed by atoms with E-state index in [4.69, 9.17) is 11.6 Å². The lowest BCUT2D eigenvalue weighted by molar-refractivity contribution is -0.141. The van der Waals surface area contributed by atoms with Gasteiger partial charge in [0, 0.05) is 17.2 Å². The van der Waals surface area contributed by atoms with Crippen molar-refractivity contribution >= 4 is 27.3 Å². The standard InChI is InChI=1S/C21H17ClF3N3O3S/c22-16-3-1-2-4-17(16)28-18(11-19(27-28)21(23,24)25)13-5-7-14(8-6-13)20(29)26-15-9-10-32(30,31)12-15/h1-8,11,15H,9-10,12H2,(H,26,29). The smallest absolute Gasteiger partial charge is 0.348 e. The number of hydrogen-bond acceptors (Lipinski definition) is 4. The highest BCUT2D eigenvalue weighted by atomic mass is 35.5. The number of halogens is 4. The van der Waals surface area contributed by atoms with Crippen LogP contribution in [0.5, 0.6) is 0 Å². The number of carbonyl (C=O) groups excluding carboxylic acids is 1. The maximum atomic E-state index is 13.3. The summed E-state index contributed by atoms with van der Waals surface area (Å²) in [5.41, 5.74) is 0.0192. The largest absolute Gasteiger partial charge is 0.435 e. The van der Waals surface area contributed by atoms with Crippen molar-refractivity contribution in [3.8, 4) is 16.9 Å². The third kappa shape index (κ3) is 4.66. The van der Waals surface area contributed by atoms with Crippen LogP contribution < -0.4 is 5.32 Å². The molecule has 11 heteroatoms. The van der Waals surface area contributed by atoms with E-state index in [2.05, 4.69) is 10.4 Å². The number of amides is 1. The van der Waals surface area contributed by atoms with E-state index in [1.54, 1.807) is 24.3 Å². The van der Waals surface area contributed by atoms with E-state index in [0.717, 1.165) is 10.7 Å². The molecule has 1 aliphatic heterocycles. The minimum Gasteiger partial charge on any atom is -0.348 e. The summed E-state index contributed by atoms with van der Waals surface area (Å²) in [7, 11) is -3.14. The Morgan fingerprint density at radius 2 is 1.81 bits per heavy atom. The van der Waals surface area contributed by atoms with Gasteiger partial charge < -0.3 is 5.32 Å². The summed E-state index contributed by atoms with van der Waals surface area (Å²) in [6, 6.07) is 12.8. The van der Waals surface area contributed by atoms with Crippen molar-refractivity contribution in [3.05, 3.63) is 70.9 Å². The van der Waals surface area contributed by atoms with Crippen molar-refractivity contribution in [2.45, 2.75) is 18.6 Å². The molecule has 1 N–H and O–H groups in total. The highest BCUT2D eigenvalue weighted by Gasteiger charge is 2.35. The predicted molar refractivity (Wildman–Crippen MR) is 114 cm³/mol. The molecule has 6 nitrogen and oxygen atoms in total. The van der Waals surface area contributed by atoms with Gasteiger partial charge in [0.2, 0.25) is 0 Å². The molecule has 1 aromatic heterocycles. The molecule has 32 heavy (non-hydrogen) atoms. The minimum atomic E-state index is -4.65. The summed E-state index contributed by atoms with van der Waals surface area (Å²) in [5, 5.41) is 6.61. The van der Waals surface area contributed by atoms with Crippen LogP contribution in [0.1, 0.15) is 22.5 Å². The first-order valence-electron chi connectivity index (χ1n) is 9.57. The van der Waals surface area contributed by atoms with Crippen LogP contribution in [0.25, 0.3) is 16.9 Å². The molecule has 4 rings (SSSR count). The molecule has 2 heterocycles. The first kappa shape index (κ1) is 22.3. The predicted octanol–water partition coefficient (Wildman–Crippen LogP) is 4.13. The summed E-state index contributed by atoms with van der Waals surface area (Å²) < 4.78 is 64.2. The Bertz CT molecular complexity index is 1270. The van der Waals surface area contributed by atoms with Gasteiger partial charge in [0.05, 0.1) is 27.9 Å². The van der Waals surface area contributed by atoms with Crippen molar-refractivity contribution in [2.24, 2.45) is 0 Å². The van der Waals surface area contributed by atoms with Crippen LogP contribution in [0.2, 0.25) is 5.02 Å². The Morgan fingerprint density at radius 3 is 2.41 bits per heavy atom. The number of nitrogens with zero attached hydrogens (tertiary/aromatic N) is 2. The molecule has 0 bridgehead atoms. The molecule has 0 aliphatic carbocycles. The zero-order valence-electron chi connectivity index (χ0n) is 16.4. The Morgan fingerprint density at radius 1 is 1.12 bits per heavy atom. The highest BCUT2D eigenvalue weighted by molar-refractivity contribution is 7.91. The second kappa shape index (κ2) is 8.25. The van der Waals surface area contributed by atoms with Crippen LogP contribution in [0, 0.1) is 0 Å². The van der Waals surface area contributed by atoms with Crippen molar-refractivity contribution in [1.29, 1.82) is 0 Å². The Hall–Kier alpha value is -2.85. The molecular formula is C21H17ClF3N3O3S. The lowest BCUT2D eigenvalue weighted by Gasteiger charge is -2.12. The molecule has 0 saturated carbocycles. The molecular weight excluding hydrogens is 467 g/mol. The van der Waals surface area contributed by atoms with Gasteiger partial charge in [0.1, 0.15) is 0 Å². The van der Waals surface area contributed by atoms with Gasteiger partial charge in [-0.25, -0.2) is 13.1 Å². The first-order chi connectivity index (χ1) is 15.0. The van der Waals surface area contributed by atoms with Gasteiger partial charge >= 0.3 is 6.18 Å². The van der Waals surface area contributed by atoms with Crippen molar-refractivity contribution in [3.63, 3.8) is 0 Å². The number of nitrogens with one attached hydrogen (secondary N) is 1. The number of carbonyl (C=O) groups is 1. The quantitative estimate of drug-likeness (QED) is 0.605. The maximum Gasteiger partial charge on any atom is 0.435 e. The number of alkyl halides is 3. The fraction of sp³-hybridized carbons (Fsp3) is 0.238. The normalized spacial score (nSPS) is 17.9. The number of benzene rings is 2. The number of rotatable bonds is 4. The lowest BCUT2D eigenvalue weighted by Crippen LogP contribution is -2.35. The third-order valence-electron chi connectivity index (χ3n) is 5.09. The average molecular weight is 484 g/mol. The zero-order valence-corrected chi connectivity index (χ0v) is 18.0. The molecule has 2 aromatic carbocycles. The molecule has 1 fully saturated rings. The summed E-state index contributed by atoms with van der Waals surface area (Å²) in [4.78, 5) is 12.4. The molecule has 0 radical (unpaired) electrons. The summed E-state index contributed by atoms with van der Waals surface area (Å²) >= 11 is 6.17. The summed E-state index contributed by atoms with van der Waals surface area (Å²) in [6.45, 7) is 0. The van der Waals surface area contributed by atoms with E-state index >= 15 is 0 Å². The van der Waals surface area contributed by atoms with Crippen LogP contribution >= 0.6 is 11.6 Å². The molecule has 1 aliphatic rings. The van der Waals surface area contributed by atoms with Gasteiger partial charge in [-0.05, 0) is 36.8 Å². The SMILES string of the molecule is O=C(NC1CCS(=O)(=O)C1)c1ccc(-c2cc(C(F)(F)F)nn2-c2ccccc2Cl)cc1. The lowest BCUT2D eigenvalue weighted by atomic mass is 10.1. The second-order valence-electron chi connectivity index (χ2n) is 7.43. The first-order valence-corrected chi connectivity index (χ1v) is 11.8. The summed E-state index contributed by atoms with van der Waals surface area (Å²) in [6.07, 6.45) is -4.30. The Balaban J connectivity index is 1.64. The Kier molecular flexibility index (Phi) is 5.76. The van der Waals surface area contributed by atoms with E-state index in [9.17, 15) is 26.4 Å². The molecule has 1 amide bonds. The topological polar surface area (TPSA) is 81.1 Å². The van der Waals surface area contributed by atoms with Gasteiger partial charge in [0.15, 0.2) is 15.5 Å². The van der Waals surface area contributed by atoms with Gasteiger partial charge in [-0.2, -0.15) is 18.3 Å². The van der Waals surface area contributed by atoms with E-state index in [-0.39, 0.29) is 33.5 Å². The van der Waals surface area contributed by atoms with Gasteiger partial charge in [-0.3, -0.25) is 4.79 Å². The van der Waals surface area contributed by atoms with Crippen LogP contribution in [-0.4, -0.2) is 41.7 Å². The van der Waals surface area contributed by atoms with Gasteiger partial charge in [-0.15, -0.1) is 0 Å². The number of sulfone groups is 1. The van der Waals surface area contributed by atoms with Crippen LogP contribution in [-0.2, 0) is 16.0 Å². The van der Waals surface area contributed by atoms with Crippen molar-refractivity contribution < 1.29 is 26.4 Å². The van der Waals surface area contributed by atoms with E-state index in [1.165, 1.54) is 24.3 Å². The maximum absolute atomic E-state index is 13.3. The zero-order chi connectivity index (χ0) is 23.1.